The van der Waals surface area contributed by atoms with Crippen molar-refractivity contribution in [2.75, 3.05) is 0 Å². The first-order chi connectivity index (χ1) is 13.6. The summed E-state index contributed by atoms with van der Waals surface area (Å²) in [6, 6.07) is 3.81. The second-order valence-electron chi connectivity index (χ2n) is 6.47. The predicted molar refractivity (Wildman–Crippen MR) is 96.6 cm³/mol. The molecule has 0 amide bonds. The van der Waals surface area contributed by atoms with Crippen LogP contribution in [0.2, 0.25) is 0 Å². The molecule has 1 fully saturated rings. The van der Waals surface area contributed by atoms with E-state index in [1.54, 1.807) is 0 Å². The largest absolute Gasteiger partial charge is 0.504 e. The number of aliphatic carboxylic acids is 1. The van der Waals surface area contributed by atoms with Crippen molar-refractivity contribution < 1.29 is 49.4 Å². The number of rotatable bonds is 6. The Balaban J connectivity index is 2.16. The monoisotopic (exact) mass is 408 g/mol. The molecule has 1 aliphatic rings. The molecule has 0 aromatic heterocycles. The molecule has 0 radical (unpaired) electrons. The maximum absolute atomic E-state index is 12.1. The molecule has 2 rings (SSSR count). The third kappa shape index (κ3) is 5.33. The zero-order valence-electron chi connectivity index (χ0n) is 15.1. The Morgan fingerprint density at radius 3 is 2.38 bits per heavy atom. The molecule has 0 bridgehead atoms. The predicted octanol–water partition coefficient (Wildman–Crippen LogP) is 0.0910. The highest BCUT2D eigenvalue weighted by molar-refractivity contribution is 5.87. The van der Waals surface area contributed by atoms with Gasteiger partial charge in [-0.25, -0.2) is 14.4 Å². The normalized spacial score (nSPS) is 26.6. The number of aliphatic hydroxyl groups is 2. The van der Waals surface area contributed by atoms with Gasteiger partial charge in [0.25, 0.3) is 0 Å². The Kier molecular flexibility index (Phi) is 6.62. The summed E-state index contributed by atoms with van der Waals surface area (Å²) in [6.07, 6.45) is -2.70. The number of phenols is 2. The lowest BCUT2D eigenvalue weighted by Gasteiger charge is -2.40. The quantitative estimate of drug-likeness (QED) is 0.247. The van der Waals surface area contributed by atoms with Crippen LogP contribution in [0.5, 0.6) is 11.5 Å². The van der Waals surface area contributed by atoms with Crippen LogP contribution in [0.25, 0.3) is 6.08 Å². The van der Waals surface area contributed by atoms with Crippen LogP contribution >= 0.6 is 0 Å². The van der Waals surface area contributed by atoms with Crippen molar-refractivity contribution in [1.29, 1.82) is 0 Å². The lowest BCUT2D eigenvalue weighted by atomic mass is 9.79. The van der Waals surface area contributed by atoms with Crippen molar-refractivity contribution >= 4 is 24.0 Å². The first-order valence-corrected chi connectivity index (χ1v) is 8.43. The zero-order chi connectivity index (χ0) is 21.8. The van der Waals surface area contributed by atoms with Gasteiger partial charge < -0.3 is 35.0 Å². The van der Waals surface area contributed by atoms with E-state index in [0.717, 1.165) is 12.2 Å². The van der Waals surface area contributed by atoms with Crippen molar-refractivity contribution in [1.82, 2.24) is 0 Å². The van der Waals surface area contributed by atoms with Crippen LogP contribution in [0.1, 0.15) is 18.4 Å². The van der Waals surface area contributed by atoms with E-state index in [0.29, 0.717) is 5.56 Å². The molecular formula is C19H20O10. The summed E-state index contributed by atoms with van der Waals surface area (Å²) in [4.78, 5) is 34.9. The summed E-state index contributed by atoms with van der Waals surface area (Å²) in [6.45, 7) is 3.21. The van der Waals surface area contributed by atoms with Crippen LogP contribution in [0.4, 0.5) is 0 Å². The van der Waals surface area contributed by atoms with Gasteiger partial charge in [0.1, 0.15) is 6.10 Å². The van der Waals surface area contributed by atoms with E-state index >= 15 is 0 Å². The maximum atomic E-state index is 12.1. The minimum atomic E-state index is -2.37. The van der Waals surface area contributed by atoms with Crippen LogP contribution in [0, 0.1) is 0 Å². The highest BCUT2D eigenvalue weighted by Gasteiger charge is 2.52. The summed E-state index contributed by atoms with van der Waals surface area (Å²) < 4.78 is 10.1. The molecule has 156 valence electrons. The number of carboxylic acids is 1. The number of ether oxygens (including phenoxy) is 2. The fraction of sp³-hybridized carbons (Fsp3) is 0.316. The van der Waals surface area contributed by atoms with Gasteiger partial charge in [0.15, 0.2) is 23.2 Å². The van der Waals surface area contributed by atoms with Gasteiger partial charge in [0, 0.05) is 25.0 Å². The fourth-order valence-electron chi connectivity index (χ4n) is 2.86. The summed E-state index contributed by atoms with van der Waals surface area (Å²) in [5.74, 6) is -4.26. The molecule has 0 saturated heterocycles. The van der Waals surface area contributed by atoms with Gasteiger partial charge in [-0.1, -0.05) is 12.6 Å². The summed E-state index contributed by atoms with van der Waals surface area (Å²) >= 11 is 0. The Morgan fingerprint density at radius 2 is 1.79 bits per heavy atom. The number of aliphatic hydroxyl groups excluding tert-OH is 1. The molecule has 5 N–H and O–H groups in total. The molecule has 1 aromatic rings. The maximum Gasteiger partial charge on any atom is 0.335 e. The van der Waals surface area contributed by atoms with Crippen molar-refractivity contribution in [3.8, 4) is 11.5 Å². The third-order valence-corrected chi connectivity index (χ3v) is 4.33. The Morgan fingerprint density at radius 1 is 1.10 bits per heavy atom. The first-order valence-electron chi connectivity index (χ1n) is 8.43. The van der Waals surface area contributed by atoms with Gasteiger partial charge >= 0.3 is 17.9 Å². The molecule has 1 saturated carbocycles. The number of carboxylic acid groups (broad SMARTS) is 1. The lowest BCUT2D eigenvalue weighted by molar-refractivity contribution is -0.204. The summed E-state index contributed by atoms with van der Waals surface area (Å²) in [5, 5.41) is 48.2. The van der Waals surface area contributed by atoms with Crippen molar-refractivity contribution in [2.45, 2.75) is 36.8 Å². The fourth-order valence-corrected chi connectivity index (χ4v) is 2.86. The van der Waals surface area contributed by atoms with Gasteiger partial charge in [-0.3, -0.25) is 0 Å². The molecule has 0 spiro atoms. The number of aromatic hydroxyl groups is 2. The van der Waals surface area contributed by atoms with Crippen LogP contribution in [-0.4, -0.2) is 67.4 Å². The summed E-state index contributed by atoms with van der Waals surface area (Å²) in [5.41, 5.74) is -2.01. The Bertz CT molecular complexity index is 845. The van der Waals surface area contributed by atoms with Crippen LogP contribution in [0.3, 0.4) is 0 Å². The molecule has 29 heavy (non-hydrogen) atoms. The smallest absolute Gasteiger partial charge is 0.335 e. The number of carbonyl (C=O) groups excluding carboxylic acids is 2. The van der Waals surface area contributed by atoms with Gasteiger partial charge in [-0.2, -0.15) is 0 Å². The third-order valence-electron chi connectivity index (χ3n) is 4.33. The lowest BCUT2D eigenvalue weighted by Crippen LogP contribution is -2.58. The van der Waals surface area contributed by atoms with E-state index in [2.05, 4.69) is 6.58 Å². The van der Waals surface area contributed by atoms with Crippen molar-refractivity contribution in [2.24, 2.45) is 0 Å². The van der Waals surface area contributed by atoms with E-state index in [4.69, 9.17) is 14.6 Å². The van der Waals surface area contributed by atoms with E-state index in [9.17, 15) is 34.8 Å². The molecule has 4 atom stereocenters. The standard InChI is InChI=1S/C19H20O10/c1-2-15(23)28-14-9-19(27,18(25)26)8-13(22)17(14)29-16(24)6-4-10-3-5-11(20)12(21)7-10/h2-7,13-14,17,20-22,27H,1,8-9H2,(H,25,26)/b6-4+/t13-,14-,17-,19+/m1/s1. The minimum Gasteiger partial charge on any atom is -0.504 e. The highest BCUT2D eigenvalue weighted by Crippen LogP contribution is 2.33. The second kappa shape index (κ2) is 8.76. The minimum absolute atomic E-state index is 0.340. The molecule has 1 aromatic carbocycles. The molecular weight excluding hydrogens is 388 g/mol. The van der Waals surface area contributed by atoms with Crippen molar-refractivity contribution in [3.63, 3.8) is 0 Å². The van der Waals surface area contributed by atoms with E-state index < -0.39 is 60.4 Å². The Hall–Kier alpha value is -3.37. The van der Waals surface area contributed by atoms with Gasteiger partial charge in [0.2, 0.25) is 0 Å². The van der Waals surface area contributed by atoms with E-state index in [-0.39, 0.29) is 5.75 Å². The molecule has 0 heterocycles. The molecule has 1 aliphatic carbocycles. The van der Waals surface area contributed by atoms with E-state index in [1.807, 2.05) is 0 Å². The number of benzene rings is 1. The Labute approximate surface area is 164 Å². The van der Waals surface area contributed by atoms with Crippen LogP contribution < -0.4 is 0 Å². The molecule has 10 heteroatoms. The van der Waals surface area contributed by atoms with E-state index in [1.165, 1.54) is 24.3 Å². The van der Waals surface area contributed by atoms with Gasteiger partial charge in [-0.05, 0) is 23.8 Å². The average molecular weight is 408 g/mol. The zero-order valence-corrected chi connectivity index (χ0v) is 15.1. The summed E-state index contributed by atoms with van der Waals surface area (Å²) in [7, 11) is 0. The van der Waals surface area contributed by atoms with Crippen molar-refractivity contribution in [3.05, 3.63) is 42.5 Å². The molecule has 0 unspecified atom stereocenters. The number of hydrogen-bond acceptors (Lipinski definition) is 9. The highest BCUT2D eigenvalue weighted by atomic mass is 16.6. The number of hydrogen-bond donors (Lipinski definition) is 5. The van der Waals surface area contributed by atoms with Crippen LogP contribution in [0.15, 0.2) is 36.9 Å². The van der Waals surface area contributed by atoms with Gasteiger partial charge in [0.05, 0.1) is 6.10 Å². The number of esters is 2. The number of phenolic OH excluding ortho intramolecular Hbond substituents is 2. The SMILES string of the molecule is C=CC(=O)O[C@@H]1C[C@](O)(C(=O)O)C[C@@H](O)[C@H]1OC(=O)/C=C/c1ccc(O)c(O)c1. The number of carbonyl (C=O) groups is 3. The first kappa shape index (κ1) is 21.9. The molecule has 0 aliphatic heterocycles. The topological polar surface area (TPSA) is 171 Å². The van der Waals surface area contributed by atoms with Crippen LogP contribution in [-0.2, 0) is 23.9 Å². The molecule has 10 nitrogen and oxygen atoms in total. The van der Waals surface area contributed by atoms with Gasteiger partial charge in [-0.15, -0.1) is 0 Å². The average Bonchev–Trinajstić information content (AvgIpc) is 2.65. The second-order valence-corrected chi connectivity index (χ2v) is 6.47.